The van der Waals surface area contributed by atoms with Crippen LogP contribution >= 0.6 is 11.8 Å². The van der Waals surface area contributed by atoms with Gasteiger partial charge in [-0.1, -0.05) is 0 Å². The van der Waals surface area contributed by atoms with E-state index in [1.54, 1.807) is 32.4 Å². The van der Waals surface area contributed by atoms with E-state index < -0.39 is 0 Å². The summed E-state index contributed by atoms with van der Waals surface area (Å²) in [7, 11) is 3.13. The molecule has 138 valence electrons. The van der Waals surface area contributed by atoms with Gasteiger partial charge in [0.15, 0.2) is 11.5 Å². The average molecular weight is 375 g/mol. The van der Waals surface area contributed by atoms with Crippen LogP contribution in [0.3, 0.4) is 0 Å². The topological polar surface area (TPSA) is 66.0 Å². The maximum atomic E-state index is 12.3. The Morgan fingerprint density at radius 3 is 2.65 bits per heavy atom. The number of hydrogen-bond donors (Lipinski definition) is 1. The molecule has 1 amide bonds. The predicted molar refractivity (Wildman–Crippen MR) is 101 cm³/mol. The summed E-state index contributed by atoms with van der Waals surface area (Å²) in [6.45, 7) is 1.30. The van der Waals surface area contributed by atoms with Gasteiger partial charge in [0.2, 0.25) is 5.91 Å². The summed E-state index contributed by atoms with van der Waals surface area (Å²) in [4.78, 5) is 13.2. The molecule has 2 aromatic rings. The smallest absolute Gasteiger partial charge is 0.234 e. The molecule has 0 saturated carbocycles. The molecule has 6 nitrogen and oxygen atoms in total. The Labute approximate surface area is 156 Å². The minimum Gasteiger partial charge on any atom is -0.497 e. The second-order valence-electron chi connectivity index (χ2n) is 5.56. The lowest BCUT2D eigenvalue weighted by molar-refractivity contribution is -0.113. The third-order valence-corrected chi connectivity index (χ3v) is 4.77. The summed E-state index contributed by atoms with van der Waals surface area (Å²) in [5, 5.41) is 2.86. The van der Waals surface area contributed by atoms with Gasteiger partial charge in [0.05, 0.1) is 38.9 Å². The first-order chi connectivity index (χ1) is 12.7. The summed E-state index contributed by atoms with van der Waals surface area (Å²) >= 11 is 1.44. The third kappa shape index (κ3) is 4.54. The lowest BCUT2D eigenvalue weighted by atomic mass is 10.2. The molecular weight excluding hydrogens is 354 g/mol. The fourth-order valence-corrected chi connectivity index (χ4v) is 3.19. The van der Waals surface area contributed by atoms with Gasteiger partial charge < -0.3 is 24.3 Å². The van der Waals surface area contributed by atoms with E-state index in [1.165, 1.54) is 11.8 Å². The highest BCUT2D eigenvalue weighted by atomic mass is 32.2. The number of carbonyl (C=O) groups is 1. The van der Waals surface area contributed by atoms with Crippen LogP contribution in [0.2, 0.25) is 0 Å². The van der Waals surface area contributed by atoms with Crippen molar-refractivity contribution >= 4 is 23.4 Å². The zero-order chi connectivity index (χ0) is 18.4. The molecule has 0 fully saturated rings. The van der Waals surface area contributed by atoms with Gasteiger partial charge in [0, 0.05) is 17.4 Å². The van der Waals surface area contributed by atoms with Crippen molar-refractivity contribution in [3.63, 3.8) is 0 Å². The second-order valence-corrected chi connectivity index (χ2v) is 6.61. The van der Waals surface area contributed by atoms with Gasteiger partial charge in [-0.05, 0) is 30.3 Å². The van der Waals surface area contributed by atoms with Crippen LogP contribution in [0, 0.1) is 0 Å². The first-order valence-electron chi connectivity index (χ1n) is 8.24. The van der Waals surface area contributed by atoms with E-state index in [0.717, 1.165) is 22.8 Å². The van der Waals surface area contributed by atoms with Gasteiger partial charge in [-0.3, -0.25) is 4.79 Å². The normalized spacial score (nSPS) is 12.8. The van der Waals surface area contributed by atoms with Crippen molar-refractivity contribution in [3.05, 3.63) is 36.4 Å². The van der Waals surface area contributed by atoms with E-state index in [4.69, 9.17) is 18.9 Å². The Morgan fingerprint density at radius 1 is 1.08 bits per heavy atom. The molecular formula is C19H21NO5S. The Morgan fingerprint density at radius 2 is 1.88 bits per heavy atom. The zero-order valence-electron chi connectivity index (χ0n) is 14.7. The summed E-state index contributed by atoms with van der Waals surface area (Å²) in [5.41, 5.74) is 0.609. The molecule has 0 unspecified atom stereocenters. The molecule has 1 heterocycles. The molecule has 0 aliphatic carbocycles. The standard InChI is InChI=1S/C19H21NO5S/c1-22-13-4-6-15(17(10-13)23-2)20-19(21)12-26-14-5-7-16-18(11-14)25-9-3-8-24-16/h4-7,10-11H,3,8-9,12H2,1-2H3,(H,20,21). The molecule has 7 heteroatoms. The van der Waals surface area contributed by atoms with Crippen molar-refractivity contribution in [1.82, 2.24) is 0 Å². The molecule has 3 rings (SSSR count). The van der Waals surface area contributed by atoms with Crippen LogP contribution in [-0.4, -0.2) is 39.1 Å². The molecule has 2 aromatic carbocycles. The van der Waals surface area contributed by atoms with Crippen molar-refractivity contribution < 1.29 is 23.7 Å². The highest BCUT2D eigenvalue weighted by Crippen LogP contribution is 2.34. The van der Waals surface area contributed by atoms with Gasteiger partial charge in [-0.25, -0.2) is 0 Å². The fourth-order valence-electron chi connectivity index (χ4n) is 2.47. The van der Waals surface area contributed by atoms with E-state index in [-0.39, 0.29) is 11.7 Å². The SMILES string of the molecule is COc1ccc(NC(=O)CSc2ccc3c(c2)OCCCO3)c(OC)c1. The minimum atomic E-state index is -0.120. The number of nitrogens with one attached hydrogen (secondary N) is 1. The number of ether oxygens (including phenoxy) is 4. The van der Waals surface area contributed by atoms with E-state index in [2.05, 4.69) is 5.32 Å². The second kappa shape index (κ2) is 8.71. The number of hydrogen-bond acceptors (Lipinski definition) is 6. The highest BCUT2D eigenvalue weighted by Gasteiger charge is 2.13. The van der Waals surface area contributed by atoms with Crippen LogP contribution in [0.15, 0.2) is 41.3 Å². The molecule has 0 aromatic heterocycles. The predicted octanol–water partition coefficient (Wildman–Crippen LogP) is 3.60. The quantitative estimate of drug-likeness (QED) is 0.779. The van der Waals surface area contributed by atoms with E-state index >= 15 is 0 Å². The molecule has 0 bridgehead atoms. The van der Waals surface area contributed by atoms with Gasteiger partial charge >= 0.3 is 0 Å². The molecule has 1 aliphatic heterocycles. The first-order valence-corrected chi connectivity index (χ1v) is 9.22. The average Bonchev–Trinajstić information content (AvgIpc) is 2.91. The van der Waals surface area contributed by atoms with Gasteiger partial charge in [0.1, 0.15) is 11.5 Å². The largest absolute Gasteiger partial charge is 0.497 e. The zero-order valence-corrected chi connectivity index (χ0v) is 15.6. The van der Waals surface area contributed by atoms with Gasteiger partial charge in [0.25, 0.3) is 0 Å². The third-order valence-electron chi connectivity index (χ3n) is 3.77. The van der Waals surface area contributed by atoms with E-state index in [0.29, 0.717) is 30.4 Å². The molecule has 0 saturated heterocycles. The number of methoxy groups -OCH3 is 2. The Kier molecular flexibility index (Phi) is 6.12. The number of thioether (sulfide) groups is 1. The molecule has 0 spiro atoms. The van der Waals surface area contributed by atoms with Crippen molar-refractivity contribution in [3.8, 4) is 23.0 Å². The lowest BCUT2D eigenvalue weighted by Crippen LogP contribution is -2.14. The van der Waals surface area contributed by atoms with Crippen molar-refractivity contribution in [2.75, 3.05) is 38.5 Å². The fraction of sp³-hybridized carbons (Fsp3) is 0.316. The molecule has 26 heavy (non-hydrogen) atoms. The number of fused-ring (bicyclic) bond motifs is 1. The summed E-state index contributed by atoms with van der Waals surface area (Å²) in [6.07, 6.45) is 0.864. The van der Waals surface area contributed by atoms with Crippen LogP contribution in [-0.2, 0) is 4.79 Å². The highest BCUT2D eigenvalue weighted by molar-refractivity contribution is 8.00. The van der Waals surface area contributed by atoms with Crippen molar-refractivity contribution in [1.29, 1.82) is 0 Å². The number of amides is 1. The first kappa shape index (κ1) is 18.3. The maximum absolute atomic E-state index is 12.3. The lowest BCUT2D eigenvalue weighted by Gasteiger charge is -2.12. The van der Waals surface area contributed by atoms with E-state index in [9.17, 15) is 4.79 Å². The van der Waals surface area contributed by atoms with Crippen LogP contribution in [0.5, 0.6) is 23.0 Å². The Hall–Kier alpha value is -2.54. The number of rotatable bonds is 6. The Bertz CT molecular complexity index is 781. The molecule has 0 atom stereocenters. The van der Waals surface area contributed by atoms with Crippen LogP contribution < -0.4 is 24.3 Å². The van der Waals surface area contributed by atoms with Gasteiger partial charge in [-0.15, -0.1) is 11.8 Å². The van der Waals surface area contributed by atoms with Crippen LogP contribution in [0.25, 0.3) is 0 Å². The summed E-state index contributed by atoms with van der Waals surface area (Å²) < 4.78 is 21.7. The van der Waals surface area contributed by atoms with Gasteiger partial charge in [-0.2, -0.15) is 0 Å². The monoisotopic (exact) mass is 375 g/mol. The Balaban J connectivity index is 1.60. The number of benzene rings is 2. The number of carbonyl (C=O) groups excluding carboxylic acids is 1. The van der Waals surface area contributed by atoms with E-state index in [1.807, 2.05) is 18.2 Å². The molecule has 0 radical (unpaired) electrons. The number of anilines is 1. The molecule has 1 N–H and O–H groups in total. The van der Waals surface area contributed by atoms with Crippen molar-refractivity contribution in [2.24, 2.45) is 0 Å². The van der Waals surface area contributed by atoms with Crippen molar-refractivity contribution in [2.45, 2.75) is 11.3 Å². The minimum absolute atomic E-state index is 0.120. The van der Waals surface area contributed by atoms with Crippen LogP contribution in [0.4, 0.5) is 5.69 Å². The summed E-state index contributed by atoms with van der Waals surface area (Å²) in [5.74, 6) is 2.85. The molecule has 1 aliphatic rings. The summed E-state index contributed by atoms with van der Waals surface area (Å²) in [6, 6.07) is 11.0. The maximum Gasteiger partial charge on any atom is 0.234 e. The van der Waals surface area contributed by atoms with Crippen LogP contribution in [0.1, 0.15) is 6.42 Å².